The lowest BCUT2D eigenvalue weighted by Crippen LogP contribution is -2.11. The van der Waals surface area contributed by atoms with E-state index < -0.39 is 10.8 Å². The standard InChI is InChI=1S/C13H16Cl2N2OS/c1-9(6-7-19(2)18)17-12(8-14)16-11-5-3-4-10(15)13(11)17/h3-5,9H,6-8H2,1-2H3. The van der Waals surface area contributed by atoms with Gasteiger partial charge in [0.1, 0.15) is 5.82 Å². The molecule has 0 aliphatic carbocycles. The molecule has 2 atom stereocenters. The molecule has 0 aliphatic heterocycles. The second kappa shape index (κ2) is 6.25. The lowest BCUT2D eigenvalue weighted by Gasteiger charge is -2.17. The van der Waals surface area contributed by atoms with E-state index in [0.717, 1.165) is 23.3 Å². The van der Waals surface area contributed by atoms with E-state index >= 15 is 0 Å². The Balaban J connectivity index is 2.47. The molecule has 1 aromatic carbocycles. The smallest absolute Gasteiger partial charge is 0.125 e. The van der Waals surface area contributed by atoms with Crippen LogP contribution in [0.3, 0.4) is 0 Å². The molecule has 2 rings (SSSR count). The number of hydrogen-bond donors (Lipinski definition) is 0. The van der Waals surface area contributed by atoms with Crippen LogP contribution in [0.25, 0.3) is 11.0 Å². The molecule has 1 aromatic heterocycles. The highest BCUT2D eigenvalue weighted by Gasteiger charge is 2.17. The minimum atomic E-state index is -0.795. The molecular formula is C13H16Cl2N2OS. The molecule has 19 heavy (non-hydrogen) atoms. The molecule has 0 N–H and O–H groups in total. The molecule has 0 amide bonds. The van der Waals surface area contributed by atoms with Gasteiger partial charge >= 0.3 is 0 Å². The Hall–Kier alpha value is -0.580. The van der Waals surface area contributed by atoms with Crippen LogP contribution in [0.4, 0.5) is 0 Å². The SMILES string of the molecule is CC(CCS(C)=O)n1c(CCl)nc2cccc(Cl)c21. The van der Waals surface area contributed by atoms with Crippen LogP contribution >= 0.6 is 23.2 Å². The third-order valence-electron chi connectivity index (χ3n) is 3.12. The number of benzene rings is 1. The van der Waals surface area contributed by atoms with E-state index in [1.54, 1.807) is 6.26 Å². The van der Waals surface area contributed by atoms with Gasteiger partial charge in [-0.05, 0) is 25.5 Å². The van der Waals surface area contributed by atoms with Crippen LogP contribution in [-0.2, 0) is 16.7 Å². The van der Waals surface area contributed by atoms with Gasteiger partial charge < -0.3 is 4.57 Å². The van der Waals surface area contributed by atoms with Gasteiger partial charge in [0.05, 0.1) is 21.9 Å². The molecule has 0 radical (unpaired) electrons. The normalized spacial score (nSPS) is 14.7. The summed E-state index contributed by atoms with van der Waals surface area (Å²) in [5, 5.41) is 0.672. The lowest BCUT2D eigenvalue weighted by molar-refractivity contribution is 0.531. The zero-order valence-electron chi connectivity index (χ0n) is 10.9. The van der Waals surface area contributed by atoms with Gasteiger partial charge in [0.25, 0.3) is 0 Å². The van der Waals surface area contributed by atoms with Crippen molar-refractivity contribution < 1.29 is 4.21 Å². The van der Waals surface area contributed by atoms with Crippen molar-refractivity contribution in [3.05, 3.63) is 29.0 Å². The molecule has 0 fully saturated rings. The summed E-state index contributed by atoms with van der Waals surface area (Å²) < 4.78 is 13.3. The van der Waals surface area contributed by atoms with E-state index in [-0.39, 0.29) is 6.04 Å². The largest absolute Gasteiger partial charge is 0.323 e. The number of para-hydroxylation sites is 1. The minimum absolute atomic E-state index is 0.169. The van der Waals surface area contributed by atoms with Crippen molar-refractivity contribution in [2.75, 3.05) is 12.0 Å². The molecule has 0 saturated heterocycles. The molecule has 2 aromatic rings. The van der Waals surface area contributed by atoms with Crippen molar-refractivity contribution in [1.29, 1.82) is 0 Å². The van der Waals surface area contributed by atoms with Gasteiger partial charge in [-0.15, -0.1) is 11.6 Å². The third kappa shape index (κ3) is 3.12. The molecule has 0 saturated carbocycles. The summed E-state index contributed by atoms with van der Waals surface area (Å²) in [5.41, 5.74) is 1.77. The van der Waals surface area contributed by atoms with E-state index in [2.05, 4.69) is 16.5 Å². The summed E-state index contributed by atoms with van der Waals surface area (Å²) in [6, 6.07) is 5.83. The fraction of sp³-hybridized carbons (Fsp3) is 0.462. The molecule has 2 unspecified atom stereocenters. The number of aromatic nitrogens is 2. The lowest BCUT2D eigenvalue weighted by atomic mass is 10.2. The minimum Gasteiger partial charge on any atom is -0.323 e. The van der Waals surface area contributed by atoms with Crippen molar-refractivity contribution in [2.45, 2.75) is 25.3 Å². The topological polar surface area (TPSA) is 34.9 Å². The Labute approximate surface area is 125 Å². The van der Waals surface area contributed by atoms with E-state index in [4.69, 9.17) is 23.2 Å². The highest BCUT2D eigenvalue weighted by atomic mass is 35.5. The Bertz CT molecular complexity index is 612. The maximum Gasteiger partial charge on any atom is 0.125 e. The molecule has 3 nitrogen and oxygen atoms in total. The average Bonchev–Trinajstić information content (AvgIpc) is 2.75. The maximum atomic E-state index is 11.2. The van der Waals surface area contributed by atoms with Crippen molar-refractivity contribution in [3.8, 4) is 0 Å². The molecule has 104 valence electrons. The highest BCUT2D eigenvalue weighted by molar-refractivity contribution is 7.84. The van der Waals surface area contributed by atoms with Crippen molar-refractivity contribution >= 4 is 45.0 Å². The second-order valence-corrected chi connectivity index (χ2v) is 6.78. The Morgan fingerprint density at radius 1 is 1.47 bits per heavy atom. The Morgan fingerprint density at radius 3 is 2.84 bits per heavy atom. The first kappa shape index (κ1) is 14.8. The number of imidazole rings is 1. The van der Waals surface area contributed by atoms with Crippen LogP contribution in [-0.4, -0.2) is 25.8 Å². The van der Waals surface area contributed by atoms with E-state index in [1.165, 1.54) is 0 Å². The summed E-state index contributed by atoms with van der Waals surface area (Å²) in [4.78, 5) is 4.51. The molecule has 1 heterocycles. The predicted molar refractivity (Wildman–Crippen MR) is 82.6 cm³/mol. The molecule has 0 aliphatic rings. The maximum absolute atomic E-state index is 11.2. The van der Waals surface area contributed by atoms with Crippen LogP contribution in [0.1, 0.15) is 25.2 Å². The molecule has 0 bridgehead atoms. The summed E-state index contributed by atoms with van der Waals surface area (Å²) in [7, 11) is -0.795. The van der Waals surface area contributed by atoms with Crippen LogP contribution in [0.2, 0.25) is 5.02 Å². The second-order valence-electron chi connectivity index (χ2n) is 4.55. The van der Waals surface area contributed by atoms with Crippen LogP contribution in [0, 0.1) is 0 Å². The number of rotatable bonds is 5. The van der Waals surface area contributed by atoms with Gasteiger partial charge in [0.2, 0.25) is 0 Å². The first-order valence-corrected chi connectivity index (χ1v) is 8.70. The van der Waals surface area contributed by atoms with Gasteiger partial charge in [0, 0.05) is 28.9 Å². The fourth-order valence-electron chi connectivity index (χ4n) is 2.19. The van der Waals surface area contributed by atoms with Gasteiger partial charge in [-0.25, -0.2) is 4.98 Å². The highest BCUT2D eigenvalue weighted by Crippen LogP contribution is 2.29. The monoisotopic (exact) mass is 318 g/mol. The first-order valence-electron chi connectivity index (χ1n) is 6.06. The van der Waals surface area contributed by atoms with Gasteiger partial charge in [-0.2, -0.15) is 0 Å². The number of halogens is 2. The van der Waals surface area contributed by atoms with E-state index in [9.17, 15) is 4.21 Å². The van der Waals surface area contributed by atoms with Crippen LogP contribution in [0.15, 0.2) is 18.2 Å². The third-order valence-corrected chi connectivity index (χ3v) is 4.47. The van der Waals surface area contributed by atoms with Crippen molar-refractivity contribution in [1.82, 2.24) is 9.55 Å². The zero-order chi connectivity index (χ0) is 14.0. The first-order chi connectivity index (χ1) is 9.04. The van der Waals surface area contributed by atoms with Crippen molar-refractivity contribution in [3.63, 3.8) is 0 Å². The number of nitrogens with zero attached hydrogens (tertiary/aromatic N) is 2. The van der Waals surface area contributed by atoms with Gasteiger partial charge in [-0.3, -0.25) is 4.21 Å². The number of alkyl halides is 1. The fourth-order valence-corrected chi connectivity index (χ4v) is 3.31. The van der Waals surface area contributed by atoms with E-state index in [0.29, 0.717) is 16.7 Å². The Kier molecular flexibility index (Phi) is 4.87. The summed E-state index contributed by atoms with van der Waals surface area (Å²) in [5.74, 6) is 1.80. The number of fused-ring (bicyclic) bond motifs is 1. The Morgan fingerprint density at radius 2 is 2.21 bits per heavy atom. The molecule has 0 spiro atoms. The summed E-state index contributed by atoms with van der Waals surface area (Å²) in [6.45, 7) is 2.08. The van der Waals surface area contributed by atoms with Gasteiger partial charge in [-0.1, -0.05) is 17.7 Å². The van der Waals surface area contributed by atoms with Crippen LogP contribution < -0.4 is 0 Å². The van der Waals surface area contributed by atoms with Crippen LogP contribution in [0.5, 0.6) is 0 Å². The van der Waals surface area contributed by atoms with Gasteiger partial charge in [0.15, 0.2) is 0 Å². The average molecular weight is 319 g/mol. The summed E-state index contributed by atoms with van der Waals surface area (Å²) in [6.07, 6.45) is 2.53. The van der Waals surface area contributed by atoms with Crippen molar-refractivity contribution in [2.24, 2.45) is 0 Å². The zero-order valence-corrected chi connectivity index (χ0v) is 13.2. The number of hydrogen-bond acceptors (Lipinski definition) is 2. The molecule has 6 heteroatoms. The molecular weight excluding hydrogens is 303 g/mol. The van der Waals surface area contributed by atoms with E-state index in [1.807, 2.05) is 18.2 Å². The predicted octanol–water partition coefficient (Wildman–Crippen LogP) is 3.76. The quantitative estimate of drug-likeness (QED) is 0.787. The summed E-state index contributed by atoms with van der Waals surface area (Å²) >= 11 is 12.3.